The molecule has 0 spiro atoms. The minimum absolute atomic E-state index is 0.0387. The highest BCUT2D eigenvalue weighted by molar-refractivity contribution is 4.93. The summed E-state index contributed by atoms with van der Waals surface area (Å²) in [5.74, 6) is 0. The van der Waals surface area contributed by atoms with Crippen LogP contribution in [0.3, 0.4) is 0 Å². The number of rotatable bonds is 7. The van der Waals surface area contributed by atoms with Crippen LogP contribution in [0.15, 0.2) is 0 Å². The fraction of sp³-hybridized carbons (Fsp3) is 1.00. The Hall–Kier alpha value is -0.240. The standard InChI is InChI=1S/C12H25NO5/c1-14-7-6-13-8-9(15-2)10(16-3)11(17-4)12(13)18-5/h9-12H,6-8H2,1-5H3. The molecule has 0 aromatic rings. The molecule has 108 valence electrons. The van der Waals surface area contributed by atoms with Crippen LogP contribution < -0.4 is 0 Å². The molecule has 4 unspecified atom stereocenters. The highest BCUT2D eigenvalue weighted by Crippen LogP contribution is 2.25. The van der Waals surface area contributed by atoms with Crippen molar-refractivity contribution in [2.45, 2.75) is 24.5 Å². The Labute approximate surface area is 109 Å². The molecule has 4 atom stereocenters. The molecule has 1 saturated heterocycles. The van der Waals surface area contributed by atoms with E-state index in [-0.39, 0.29) is 24.5 Å². The van der Waals surface area contributed by atoms with Gasteiger partial charge >= 0.3 is 0 Å². The maximum Gasteiger partial charge on any atom is 0.139 e. The molecule has 0 bridgehead atoms. The van der Waals surface area contributed by atoms with Gasteiger partial charge in [-0.2, -0.15) is 0 Å². The summed E-state index contributed by atoms with van der Waals surface area (Å²) in [5, 5.41) is 0. The first kappa shape index (κ1) is 15.8. The maximum atomic E-state index is 5.54. The average Bonchev–Trinajstić information content (AvgIpc) is 2.42. The summed E-state index contributed by atoms with van der Waals surface area (Å²) in [5.41, 5.74) is 0. The molecule has 0 aromatic heterocycles. The van der Waals surface area contributed by atoms with Gasteiger partial charge in [0.2, 0.25) is 0 Å². The van der Waals surface area contributed by atoms with E-state index in [0.29, 0.717) is 6.61 Å². The Balaban J connectivity index is 2.80. The van der Waals surface area contributed by atoms with E-state index < -0.39 is 0 Å². The van der Waals surface area contributed by atoms with E-state index in [2.05, 4.69) is 4.90 Å². The van der Waals surface area contributed by atoms with E-state index in [9.17, 15) is 0 Å². The smallest absolute Gasteiger partial charge is 0.139 e. The molecule has 0 N–H and O–H groups in total. The van der Waals surface area contributed by atoms with Crippen molar-refractivity contribution in [1.29, 1.82) is 0 Å². The van der Waals surface area contributed by atoms with Gasteiger partial charge in [0.05, 0.1) is 12.7 Å². The summed E-state index contributed by atoms with van der Waals surface area (Å²) in [6, 6.07) is 0. The monoisotopic (exact) mass is 263 g/mol. The van der Waals surface area contributed by atoms with Crippen molar-refractivity contribution in [2.24, 2.45) is 0 Å². The number of hydrogen-bond acceptors (Lipinski definition) is 6. The summed E-state index contributed by atoms with van der Waals surface area (Å²) < 4.78 is 27.2. The van der Waals surface area contributed by atoms with Gasteiger partial charge in [-0.15, -0.1) is 0 Å². The number of ether oxygens (including phenoxy) is 5. The molecule has 1 fully saturated rings. The zero-order valence-corrected chi connectivity index (χ0v) is 11.9. The van der Waals surface area contributed by atoms with Gasteiger partial charge in [-0.05, 0) is 0 Å². The molecule has 0 saturated carbocycles. The lowest BCUT2D eigenvalue weighted by Crippen LogP contribution is -2.63. The zero-order chi connectivity index (χ0) is 13.5. The van der Waals surface area contributed by atoms with Crippen molar-refractivity contribution in [3.63, 3.8) is 0 Å². The lowest BCUT2D eigenvalue weighted by atomic mass is 9.99. The molecular weight excluding hydrogens is 238 g/mol. The lowest BCUT2D eigenvalue weighted by Gasteiger charge is -2.46. The van der Waals surface area contributed by atoms with Crippen LogP contribution in [0.2, 0.25) is 0 Å². The summed E-state index contributed by atoms with van der Waals surface area (Å²) in [7, 11) is 8.38. The third-order valence-corrected chi connectivity index (χ3v) is 3.42. The van der Waals surface area contributed by atoms with Gasteiger partial charge in [-0.3, -0.25) is 4.90 Å². The predicted octanol–water partition coefficient (Wildman–Crippen LogP) is -0.0341. The van der Waals surface area contributed by atoms with Gasteiger partial charge in [-0.25, -0.2) is 0 Å². The number of nitrogens with zero attached hydrogens (tertiary/aromatic N) is 1. The van der Waals surface area contributed by atoms with E-state index in [1.165, 1.54) is 0 Å². The molecule has 0 amide bonds. The molecule has 6 nitrogen and oxygen atoms in total. The van der Waals surface area contributed by atoms with Crippen LogP contribution in [-0.4, -0.2) is 84.7 Å². The van der Waals surface area contributed by atoms with Crippen molar-refractivity contribution in [3.05, 3.63) is 0 Å². The minimum Gasteiger partial charge on any atom is -0.383 e. The van der Waals surface area contributed by atoms with Crippen molar-refractivity contribution in [2.75, 3.05) is 55.2 Å². The van der Waals surface area contributed by atoms with Crippen LogP contribution in [0.25, 0.3) is 0 Å². The second kappa shape index (κ2) is 8.04. The maximum absolute atomic E-state index is 5.54. The zero-order valence-electron chi connectivity index (χ0n) is 11.9. The van der Waals surface area contributed by atoms with Crippen molar-refractivity contribution >= 4 is 0 Å². The van der Waals surface area contributed by atoms with Crippen LogP contribution in [-0.2, 0) is 23.7 Å². The predicted molar refractivity (Wildman–Crippen MR) is 66.6 cm³/mol. The van der Waals surface area contributed by atoms with E-state index in [0.717, 1.165) is 13.1 Å². The largest absolute Gasteiger partial charge is 0.383 e. The SMILES string of the molecule is COCCN1CC(OC)C(OC)C(OC)C1OC. The fourth-order valence-corrected chi connectivity index (χ4v) is 2.48. The molecule has 0 aliphatic carbocycles. The van der Waals surface area contributed by atoms with Crippen LogP contribution in [0.1, 0.15) is 0 Å². The molecule has 1 aliphatic rings. The Kier molecular flexibility index (Phi) is 7.06. The van der Waals surface area contributed by atoms with Crippen molar-refractivity contribution < 1.29 is 23.7 Å². The topological polar surface area (TPSA) is 49.4 Å². The van der Waals surface area contributed by atoms with Gasteiger partial charge in [-0.1, -0.05) is 0 Å². The van der Waals surface area contributed by atoms with Gasteiger partial charge in [0, 0.05) is 48.6 Å². The first-order valence-electron chi connectivity index (χ1n) is 6.07. The molecular formula is C12H25NO5. The first-order chi connectivity index (χ1) is 8.73. The Bertz CT molecular complexity index is 229. The van der Waals surface area contributed by atoms with E-state index >= 15 is 0 Å². The molecule has 6 heteroatoms. The van der Waals surface area contributed by atoms with Gasteiger partial charge in [0.15, 0.2) is 0 Å². The van der Waals surface area contributed by atoms with Crippen LogP contribution in [0.5, 0.6) is 0 Å². The molecule has 1 heterocycles. The summed E-state index contributed by atoms with van der Waals surface area (Å²) in [6.45, 7) is 2.15. The molecule has 0 aromatic carbocycles. The van der Waals surface area contributed by atoms with E-state index in [4.69, 9.17) is 23.7 Å². The minimum atomic E-state index is -0.185. The summed E-state index contributed by atoms with van der Waals surface area (Å²) >= 11 is 0. The lowest BCUT2D eigenvalue weighted by molar-refractivity contribution is -0.226. The van der Waals surface area contributed by atoms with E-state index in [1.807, 2.05) is 0 Å². The molecule has 1 rings (SSSR count). The second-order valence-electron chi connectivity index (χ2n) is 4.29. The van der Waals surface area contributed by atoms with Gasteiger partial charge in [0.1, 0.15) is 18.4 Å². The fourth-order valence-electron chi connectivity index (χ4n) is 2.48. The number of hydrogen-bond donors (Lipinski definition) is 0. The number of methoxy groups -OCH3 is 5. The third kappa shape index (κ3) is 3.40. The number of piperidine rings is 1. The third-order valence-electron chi connectivity index (χ3n) is 3.42. The van der Waals surface area contributed by atoms with Gasteiger partial charge < -0.3 is 23.7 Å². The summed E-state index contributed by atoms with van der Waals surface area (Å²) in [4.78, 5) is 2.15. The van der Waals surface area contributed by atoms with Crippen LogP contribution in [0.4, 0.5) is 0 Å². The van der Waals surface area contributed by atoms with Crippen LogP contribution >= 0.6 is 0 Å². The van der Waals surface area contributed by atoms with E-state index in [1.54, 1.807) is 35.5 Å². The Morgan fingerprint density at radius 2 is 1.56 bits per heavy atom. The molecule has 18 heavy (non-hydrogen) atoms. The number of likely N-dealkylation sites (tertiary alicyclic amines) is 1. The first-order valence-corrected chi connectivity index (χ1v) is 6.07. The Morgan fingerprint density at radius 1 is 0.889 bits per heavy atom. The normalized spacial score (nSPS) is 33.8. The second-order valence-corrected chi connectivity index (χ2v) is 4.29. The van der Waals surface area contributed by atoms with Crippen molar-refractivity contribution in [3.8, 4) is 0 Å². The van der Waals surface area contributed by atoms with Crippen molar-refractivity contribution in [1.82, 2.24) is 4.90 Å². The summed E-state index contributed by atoms with van der Waals surface area (Å²) in [6.07, 6.45) is -0.510. The van der Waals surface area contributed by atoms with Crippen LogP contribution in [0, 0.1) is 0 Å². The highest BCUT2D eigenvalue weighted by atomic mass is 16.6. The van der Waals surface area contributed by atoms with Gasteiger partial charge in [0.25, 0.3) is 0 Å². The Morgan fingerprint density at radius 3 is 2.00 bits per heavy atom. The quantitative estimate of drug-likeness (QED) is 0.643. The molecule has 1 aliphatic heterocycles. The molecule has 0 radical (unpaired) electrons. The highest BCUT2D eigenvalue weighted by Gasteiger charge is 2.44. The average molecular weight is 263 g/mol.